The minimum absolute atomic E-state index is 0.0115. The van der Waals surface area contributed by atoms with Gasteiger partial charge >= 0.3 is 0 Å². The average Bonchev–Trinajstić information content (AvgIpc) is 2.68. The summed E-state index contributed by atoms with van der Waals surface area (Å²) in [5.74, 6) is 0.503. The van der Waals surface area contributed by atoms with Gasteiger partial charge in [0.05, 0.1) is 0 Å². The van der Waals surface area contributed by atoms with Crippen molar-refractivity contribution < 1.29 is 10.2 Å². The number of hydrogen-bond donors (Lipinski definition) is 2. The van der Waals surface area contributed by atoms with Crippen LogP contribution in [0.4, 0.5) is 0 Å². The predicted octanol–water partition coefficient (Wildman–Crippen LogP) is 5.86. The Kier molecular flexibility index (Phi) is 7.86. The highest BCUT2D eigenvalue weighted by atomic mass is 16.5. The third-order valence-corrected chi connectivity index (χ3v) is 6.13. The molecule has 0 bridgehead atoms. The van der Waals surface area contributed by atoms with E-state index in [1.807, 2.05) is 6.07 Å². The first kappa shape index (κ1) is 20.7. The summed E-state index contributed by atoms with van der Waals surface area (Å²) in [5, 5.41) is 19.8. The van der Waals surface area contributed by atoms with Gasteiger partial charge in [-0.3, -0.25) is 0 Å². The van der Waals surface area contributed by atoms with Crippen LogP contribution in [0.2, 0.25) is 0 Å². The molecular weight excluding hydrogens is 320 g/mol. The summed E-state index contributed by atoms with van der Waals surface area (Å²) in [6.45, 7) is 6.76. The topological polar surface area (TPSA) is 40.5 Å². The fourth-order valence-electron chi connectivity index (χ4n) is 4.84. The first-order valence-corrected chi connectivity index (χ1v) is 10.0. The molecule has 0 aliphatic carbocycles. The minimum Gasteiger partial charge on any atom is -0.368 e. The molecule has 0 fully saturated rings. The third-order valence-electron chi connectivity index (χ3n) is 6.13. The summed E-state index contributed by atoms with van der Waals surface area (Å²) in [7, 11) is 0. The number of aliphatic hydroxyl groups excluding tert-OH is 1. The zero-order valence-corrected chi connectivity index (χ0v) is 16.4. The second-order valence-corrected chi connectivity index (χ2v) is 7.37. The van der Waals surface area contributed by atoms with Crippen molar-refractivity contribution in [1.29, 1.82) is 0 Å². The number of benzene rings is 2. The Morgan fingerprint density at radius 3 is 1.58 bits per heavy atom. The number of aliphatic hydroxyl groups is 2. The predicted molar refractivity (Wildman–Crippen MR) is 109 cm³/mol. The van der Waals surface area contributed by atoms with Crippen molar-refractivity contribution in [2.75, 3.05) is 0 Å². The molecule has 0 saturated heterocycles. The zero-order chi connectivity index (χ0) is 19.0. The van der Waals surface area contributed by atoms with Crippen LogP contribution in [0.1, 0.15) is 75.8 Å². The Bertz CT molecular complexity index is 617. The van der Waals surface area contributed by atoms with Crippen molar-refractivity contribution in [2.45, 2.75) is 71.0 Å². The van der Waals surface area contributed by atoms with Crippen LogP contribution < -0.4 is 0 Å². The van der Waals surface area contributed by atoms with E-state index in [0.717, 1.165) is 25.7 Å². The second-order valence-electron chi connectivity index (χ2n) is 7.37. The normalized spacial score (nSPS) is 14.4. The van der Waals surface area contributed by atoms with Crippen molar-refractivity contribution in [3.8, 4) is 0 Å². The maximum absolute atomic E-state index is 9.88. The number of hydrogen-bond acceptors (Lipinski definition) is 2. The highest BCUT2D eigenvalue weighted by Crippen LogP contribution is 2.55. The van der Waals surface area contributed by atoms with Crippen LogP contribution in [0.3, 0.4) is 0 Å². The molecule has 0 aliphatic heterocycles. The van der Waals surface area contributed by atoms with E-state index in [2.05, 4.69) is 75.4 Å². The van der Waals surface area contributed by atoms with Crippen molar-refractivity contribution in [1.82, 2.24) is 0 Å². The Balaban J connectivity index is 2.58. The Morgan fingerprint density at radius 1 is 0.731 bits per heavy atom. The van der Waals surface area contributed by atoms with E-state index in [9.17, 15) is 10.2 Å². The van der Waals surface area contributed by atoms with Crippen molar-refractivity contribution >= 4 is 0 Å². The lowest BCUT2D eigenvalue weighted by Gasteiger charge is -2.47. The summed E-state index contributed by atoms with van der Waals surface area (Å²) in [6, 6.07) is 21.2. The molecule has 2 aromatic rings. The molecule has 0 aliphatic rings. The summed E-state index contributed by atoms with van der Waals surface area (Å²) in [5.41, 5.74) is 2.57. The lowest BCUT2D eigenvalue weighted by Crippen LogP contribution is -2.36. The summed E-state index contributed by atoms with van der Waals surface area (Å²) in [6.07, 6.45) is 3.32. The summed E-state index contributed by atoms with van der Waals surface area (Å²) >= 11 is 0. The molecule has 2 nitrogen and oxygen atoms in total. The van der Waals surface area contributed by atoms with Crippen LogP contribution >= 0.6 is 0 Å². The maximum atomic E-state index is 9.88. The second kappa shape index (κ2) is 9.89. The summed E-state index contributed by atoms with van der Waals surface area (Å²) in [4.78, 5) is 0. The van der Waals surface area contributed by atoms with Crippen LogP contribution in [0.5, 0.6) is 0 Å². The van der Waals surface area contributed by atoms with E-state index >= 15 is 0 Å². The van der Waals surface area contributed by atoms with E-state index in [1.165, 1.54) is 11.1 Å². The van der Waals surface area contributed by atoms with Crippen LogP contribution in [-0.4, -0.2) is 16.5 Å². The van der Waals surface area contributed by atoms with Gasteiger partial charge in [0.2, 0.25) is 0 Å². The van der Waals surface area contributed by atoms with E-state index in [-0.39, 0.29) is 11.3 Å². The summed E-state index contributed by atoms with van der Waals surface area (Å²) < 4.78 is 0. The van der Waals surface area contributed by atoms with E-state index in [0.29, 0.717) is 12.3 Å². The van der Waals surface area contributed by atoms with E-state index < -0.39 is 6.29 Å². The Hall–Kier alpha value is -1.64. The lowest BCUT2D eigenvalue weighted by atomic mass is 9.57. The van der Waals surface area contributed by atoms with Crippen LogP contribution in [0.15, 0.2) is 60.7 Å². The minimum atomic E-state index is -1.30. The van der Waals surface area contributed by atoms with Gasteiger partial charge in [-0.15, -0.1) is 0 Å². The molecule has 142 valence electrons. The van der Waals surface area contributed by atoms with E-state index in [1.54, 1.807) is 0 Å². The van der Waals surface area contributed by atoms with Crippen molar-refractivity contribution in [3.63, 3.8) is 0 Å². The van der Waals surface area contributed by atoms with Gasteiger partial charge in [-0.05, 0) is 47.6 Å². The molecule has 2 heteroatoms. The first-order chi connectivity index (χ1) is 12.6. The monoisotopic (exact) mass is 354 g/mol. The molecule has 0 saturated carbocycles. The largest absolute Gasteiger partial charge is 0.368 e. The maximum Gasteiger partial charge on any atom is 0.152 e. The SMILES string of the molecule is CCCC(c1ccccc1)C(CC)(CC)C(CC(O)O)c1ccccc1. The number of rotatable bonds is 10. The molecule has 2 aromatic carbocycles. The van der Waals surface area contributed by atoms with Gasteiger partial charge in [-0.2, -0.15) is 0 Å². The third kappa shape index (κ3) is 4.55. The van der Waals surface area contributed by atoms with Crippen LogP contribution in [0.25, 0.3) is 0 Å². The van der Waals surface area contributed by atoms with Gasteiger partial charge in [0.25, 0.3) is 0 Å². The molecule has 0 radical (unpaired) electrons. The van der Waals surface area contributed by atoms with Crippen molar-refractivity contribution in [2.24, 2.45) is 5.41 Å². The van der Waals surface area contributed by atoms with Crippen LogP contribution in [-0.2, 0) is 0 Å². The molecule has 2 atom stereocenters. The molecule has 0 spiro atoms. The van der Waals surface area contributed by atoms with Gasteiger partial charge in [0.1, 0.15) is 0 Å². The van der Waals surface area contributed by atoms with Gasteiger partial charge in [-0.25, -0.2) is 0 Å². The highest BCUT2D eigenvalue weighted by Gasteiger charge is 2.44. The fraction of sp³-hybridized carbons (Fsp3) is 0.500. The standard InChI is InChI=1S/C24H34O2/c1-4-13-21(19-14-9-7-10-15-19)24(5-2,6-3)22(18-23(25)26)20-16-11-8-12-17-20/h7-12,14-17,21-23,25-26H,4-6,13,18H2,1-3H3. The first-order valence-electron chi connectivity index (χ1n) is 10.0. The quantitative estimate of drug-likeness (QED) is 0.525. The fourth-order valence-corrected chi connectivity index (χ4v) is 4.84. The average molecular weight is 355 g/mol. The Morgan fingerprint density at radius 2 is 1.19 bits per heavy atom. The van der Waals surface area contributed by atoms with Crippen LogP contribution in [0, 0.1) is 5.41 Å². The molecule has 26 heavy (non-hydrogen) atoms. The smallest absolute Gasteiger partial charge is 0.152 e. The molecule has 2 unspecified atom stereocenters. The molecule has 0 heterocycles. The molecule has 0 aromatic heterocycles. The van der Waals surface area contributed by atoms with Crippen molar-refractivity contribution in [3.05, 3.63) is 71.8 Å². The van der Waals surface area contributed by atoms with E-state index in [4.69, 9.17) is 0 Å². The Labute approximate surface area is 158 Å². The zero-order valence-electron chi connectivity index (χ0n) is 16.4. The van der Waals surface area contributed by atoms with Gasteiger partial charge in [0.15, 0.2) is 6.29 Å². The molecule has 0 amide bonds. The van der Waals surface area contributed by atoms with Gasteiger partial charge in [-0.1, -0.05) is 87.9 Å². The molecule has 2 N–H and O–H groups in total. The van der Waals surface area contributed by atoms with Gasteiger partial charge < -0.3 is 10.2 Å². The molecule has 2 rings (SSSR count). The van der Waals surface area contributed by atoms with Gasteiger partial charge in [0, 0.05) is 6.42 Å². The highest BCUT2D eigenvalue weighted by molar-refractivity contribution is 5.29. The molecular formula is C24H34O2. The lowest BCUT2D eigenvalue weighted by molar-refractivity contribution is -0.0634.